The second-order valence-corrected chi connectivity index (χ2v) is 19.6. The standard InChI is InChI=1S/C55H61N5O11S/c1-35(72-21-9-14-53(61)62)32-58(15-16-68-19-20-69-18-17-65-2)40-23-36(33-70-50-29-44-42(27-48(50)66-3)54(63)59-41(31-56-44)25-38-10-5-7-12-46(38)59)22-37(24-40)34-71-51-30-45-43(28-49(51)67-4)55(64)60-47-13-8-6-11-39(47)26-52(60)57-45/h5-8,10-13,22-24,27-30,35,41,56H,9,14-21,25-26,31-34H2,1-4H3,(H,61,62)/t35-,41-/m0/s1. The highest BCUT2D eigenvalue weighted by Crippen LogP contribution is 2.41. The first kappa shape index (κ1) is 50.2. The van der Waals surface area contributed by atoms with Gasteiger partial charge >= 0.3 is 5.97 Å². The number of amides is 1. The lowest BCUT2D eigenvalue weighted by Gasteiger charge is -2.29. The number of nitrogens with one attached hydrogen (secondary N) is 1. The van der Waals surface area contributed by atoms with Crippen molar-refractivity contribution in [3.63, 3.8) is 0 Å². The number of anilines is 3. The van der Waals surface area contributed by atoms with E-state index < -0.39 is 5.97 Å². The number of rotatable bonds is 25. The number of carbonyl (C=O) groups excluding carboxylic acids is 1. The van der Waals surface area contributed by atoms with Crippen LogP contribution in [-0.4, -0.2) is 118 Å². The lowest BCUT2D eigenvalue weighted by atomic mass is 10.1. The van der Waals surface area contributed by atoms with E-state index in [9.17, 15) is 19.5 Å². The molecule has 0 spiro atoms. The molecule has 9 rings (SSSR count). The topological polar surface area (TPSA) is 172 Å². The molecule has 6 aromatic rings. The van der Waals surface area contributed by atoms with Gasteiger partial charge in [-0.15, -0.1) is 0 Å². The molecule has 0 unspecified atom stereocenters. The first-order valence-corrected chi connectivity index (χ1v) is 25.4. The monoisotopic (exact) mass is 999 g/mol. The summed E-state index contributed by atoms with van der Waals surface area (Å²) in [6.07, 6.45) is 2.01. The largest absolute Gasteiger partial charge is 0.493 e. The average molecular weight is 1000 g/mol. The molecule has 2 atom stereocenters. The third-order valence-corrected chi connectivity index (χ3v) is 14.3. The van der Waals surface area contributed by atoms with Crippen LogP contribution in [0.4, 0.5) is 17.1 Å². The lowest BCUT2D eigenvalue weighted by molar-refractivity contribution is -0.137. The van der Waals surface area contributed by atoms with E-state index in [-0.39, 0.29) is 42.4 Å². The predicted octanol–water partition coefficient (Wildman–Crippen LogP) is 7.93. The third kappa shape index (κ3) is 11.3. The normalized spacial score (nSPS) is 14.6. The first-order chi connectivity index (χ1) is 35.1. The van der Waals surface area contributed by atoms with Crippen LogP contribution in [0.25, 0.3) is 16.6 Å². The average Bonchev–Trinajstić information content (AvgIpc) is 3.92. The number of hydrogen-bond acceptors (Lipinski definition) is 14. The first-order valence-electron chi connectivity index (χ1n) is 24.3. The Labute approximate surface area is 423 Å². The van der Waals surface area contributed by atoms with Gasteiger partial charge in [-0.2, -0.15) is 11.8 Å². The van der Waals surface area contributed by atoms with E-state index in [4.69, 9.17) is 38.1 Å². The van der Waals surface area contributed by atoms with Crippen molar-refractivity contribution >= 4 is 51.6 Å². The number of benzene rings is 5. The summed E-state index contributed by atoms with van der Waals surface area (Å²) >= 11 is 1.73. The molecule has 4 heterocycles. The summed E-state index contributed by atoms with van der Waals surface area (Å²) in [6, 6.07) is 29.1. The van der Waals surface area contributed by atoms with Crippen molar-refractivity contribution in [3.05, 3.63) is 135 Å². The Hall–Kier alpha value is -6.79. The van der Waals surface area contributed by atoms with Gasteiger partial charge in [0.15, 0.2) is 23.0 Å². The molecule has 72 heavy (non-hydrogen) atoms. The molecule has 3 aliphatic rings. The molecule has 0 bridgehead atoms. The highest BCUT2D eigenvalue weighted by Gasteiger charge is 2.38. The second-order valence-electron chi connectivity index (χ2n) is 18.0. The fourth-order valence-corrected chi connectivity index (χ4v) is 10.6. The van der Waals surface area contributed by atoms with E-state index in [1.54, 1.807) is 55.9 Å². The molecule has 0 fully saturated rings. The van der Waals surface area contributed by atoms with Gasteiger partial charge < -0.3 is 53.4 Å². The van der Waals surface area contributed by atoms with Gasteiger partial charge in [-0.25, -0.2) is 4.98 Å². The summed E-state index contributed by atoms with van der Waals surface area (Å²) in [6.45, 7) is 6.48. The smallest absolute Gasteiger partial charge is 0.303 e. The number of aliphatic carboxylic acids is 1. The van der Waals surface area contributed by atoms with Gasteiger partial charge in [-0.3, -0.25) is 19.0 Å². The van der Waals surface area contributed by atoms with Crippen molar-refractivity contribution in [3.8, 4) is 28.7 Å². The number of para-hydroxylation sites is 2. The summed E-state index contributed by atoms with van der Waals surface area (Å²) in [5.41, 5.74) is 8.08. The van der Waals surface area contributed by atoms with Crippen LogP contribution in [0.1, 0.15) is 58.2 Å². The van der Waals surface area contributed by atoms with Crippen molar-refractivity contribution in [2.45, 2.75) is 57.1 Å². The minimum Gasteiger partial charge on any atom is -0.493 e. The van der Waals surface area contributed by atoms with Gasteiger partial charge in [0.05, 0.1) is 81.1 Å². The molecule has 1 amide bonds. The van der Waals surface area contributed by atoms with Gasteiger partial charge in [0.2, 0.25) is 0 Å². The van der Waals surface area contributed by atoms with Crippen LogP contribution in [0, 0.1) is 0 Å². The highest BCUT2D eigenvalue weighted by atomic mass is 32.2. The molecule has 378 valence electrons. The predicted molar refractivity (Wildman–Crippen MR) is 279 cm³/mol. The Balaban J connectivity index is 1.00. The lowest BCUT2D eigenvalue weighted by Crippen LogP contribution is -2.39. The molecular weight excluding hydrogens is 939 g/mol. The number of ether oxygens (including phenoxy) is 7. The molecule has 16 nitrogen and oxygen atoms in total. The van der Waals surface area contributed by atoms with Crippen molar-refractivity contribution in [2.75, 3.05) is 94.9 Å². The summed E-state index contributed by atoms with van der Waals surface area (Å²) in [5, 5.41) is 13.4. The number of carboxylic acids is 1. The van der Waals surface area contributed by atoms with Crippen molar-refractivity contribution in [2.24, 2.45) is 0 Å². The Morgan fingerprint density at radius 3 is 2.24 bits per heavy atom. The van der Waals surface area contributed by atoms with E-state index in [0.717, 1.165) is 45.7 Å². The Bertz CT molecular complexity index is 2980. The number of hydrogen-bond donors (Lipinski definition) is 2. The fraction of sp³-hybridized carbons (Fsp3) is 0.382. The Morgan fingerprint density at radius 1 is 0.819 bits per heavy atom. The zero-order valence-corrected chi connectivity index (χ0v) is 42.0. The van der Waals surface area contributed by atoms with E-state index >= 15 is 0 Å². The minimum absolute atomic E-state index is 0.0259. The number of aromatic nitrogens is 2. The number of nitrogens with zero attached hydrogens (tertiary/aromatic N) is 4. The quantitative estimate of drug-likeness (QED) is 0.0529. The van der Waals surface area contributed by atoms with Crippen LogP contribution in [0.2, 0.25) is 0 Å². The van der Waals surface area contributed by atoms with Gasteiger partial charge in [0.25, 0.3) is 11.5 Å². The van der Waals surface area contributed by atoms with Crippen LogP contribution in [0.3, 0.4) is 0 Å². The molecule has 0 aliphatic carbocycles. The van der Waals surface area contributed by atoms with Gasteiger partial charge in [0.1, 0.15) is 19.0 Å². The molecular formula is C55H61N5O11S. The molecule has 0 saturated carbocycles. The number of carboxylic acid groups (broad SMARTS) is 1. The number of carbonyl (C=O) groups is 2. The number of methoxy groups -OCH3 is 3. The molecule has 1 aromatic heterocycles. The van der Waals surface area contributed by atoms with Gasteiger partial charge in [0, 0.05) is 68.3 Å². The zero-order chi connectivity index (χ0) is 50.1. The molecule has 0 radical (unpaired) electrons. The highest BCUT2D eigenvalue weighted by molar-refractivity contribution is 7.99. The number of fused-ring (bicyclic) bond motifs is 8. The minimum atomic E-state index is -0.803. The number of thioether (sulfide) groups is 1. The maximum absolute atomic E-state index is 14.2. The van der Waals surface area contributed by atoms with E-state index in [1.165, 1.54) is 0 Å². The molecule has 2 N–H and O–H groups in total. The van der Waals surface area contributed by atoms with Gasteiger partial charge in [-0.1, -0.05) is 43.3 Å². The fourth-order valence-electron chi connectivity index (χ4n) is 9.59. The Kier molecular flexibility index (Phi) is 16.1. The molecule has 5 aromatic carbocycles. The zero-order valence-electron chi connectivity index (χ0n) is 41.1. The summed E-state index contributed by atoms with van der Waals surface area (Å²) in [4.78, 5) is 48.5. The summed E-state index contributed by atoms with van der Waals surface area (Å²) in [7, 11) is 4.76. The van der Waals surface area contributed by atoms with Gasteiger partial charge in [-0.05, 0) is 83.3 Å². The molecule has 3 aliphatic heterocycles. The van der Waals surface area contributed by atoms with Crippen LogP contribution in [0.15, 0.2) is 95.8 Å². The van der Waals surface area contributed by atoms with E-state index in [1.807, 2.05) is 59.5 Å². The second kappa shape index (κ2) is 23.2. The van der Waals surface area contributed by atoms with E-state index in [0.29, 0.717) is 122 Å². The molecule has 17 heteroatoms. The molecule has 0 saturated heterocycles. The van der Waals surface area contributed by atoms with E-state index in [2.05, 4.69) is 35.3 Å². The Morgan fingerprint density at radius 2 is 1.50 bits per heavy atom. The van der Waals surface area contributed by atoms with Crippen molar-refractivity contribution < 1.29 is 47.9 Å². The van der Waals surface area contributed by atoms with Crippen LogP contribution < -0.4 is 39.6 Å². The van der Waals surface area contributed by atoms with Crippen molar-refractivity contribution in [1.82, 2.24) is 9.55 Å². The van der Waals surface area contributed by atoms with Crippen LogP contribution in [0.5, 0.6) is 23.0 Å². The van der Waals surface area contributed by atoms with Crippen LogP contribution in [-0.2, 0) is 45.1 Å². The maximum Gasteiger partial charge on any atom is 0.303 e. The van der Waals surface area contributed by atoms with Crippen LogP contribution >= 0.6 is 11.8 Å². The maximum atomic E-state index is 14.2. The summed E-state index contributed by atoms with van der Waals surface area (Å²) < 4.78 is 43.4. The van der Waals surface area contributed by atoms with Crippen molar-refractivity contribution in [1.29, 1.82) is 0 Å². The SMILES string of the molecule is COCCOCCOCCN(C[C@H](C)SCCCC(=O)O)c1cc(COc2cc3c(cc2OC)C(=O)N2c4ccccc4C[C@H]2CN3)cc(COc2cc3nc4n(c(=O)c3cc2OC)-c2ccccc2C4)c1. The summed E-state index contributed by atoms with van der Waals surface area (Å²) in [5.74, 6) is 2.23. The third-order valence-electron chi connectivity index (χ3n) is 13.1.